The summed E-state index contributed by atoms with van der Waals surface area (Å²) in [6, 6.07) is 0. The van der Waals surface area contributed by atoms with E-state index in [1.807, 2.05) is 0 Å². The molecule has 82 valence electrons. The second-order valence-electron chi connectivity index (χ2n) is 2.85. The fraction of sp³-hybridized carbons (Fsp3) is 0.500. The van der Waals surface area contributed by atoms with E-state index in [2.05, 4.69) is 4.98 Å². The number of carbonyl (C=O) groups excluding carboxylic acids is 1. The second kappa shape index (κ2) is 4.54. The van der Waals surface area contributed by atoms with Crippen LogP contribution in [-0.4, -0.2) is 27.1 Å². The molecule has 1 aromatic rings. The number of imidazole rings is 1. The molecular formula is C8H11N3O4. The van der Waals surface area contributed by atoms with Crippen LogP contribution in [0.2, 0.25) is 0 Å². The highest BCUT2D eigenvalue weighted by molar-refractivity contribution is 5.72. The largest absolute Gasteiger partial charge is 0.466 e. The van der Waals surface area contributed by atoms with Crippen molar-refractivity contribution in [2.24, 2.45) is 7.05 Å². The van der Waals surface area contributed by atoms with Crippen LogP contribution < -0.4 is 0 Å². The van der Waals surface area contributed by atoms with Gasteiger partial charge < -0.3 is 14.9 Å². The topological polar surface area (TPSA) is 87.3 Å². The number of hydrogen-bond donors (Lipinski definition) is 0. The molecule has 1 rings (SSSR count). The smallest absolute Gasteiger partial charge is 0.434 e. The highest BCUT2D eigenvalue weighted by Crippen LogP contribution is 2.11. The van der Waals surface area contributed by atoms with E-state index in [-0.39, 0.29) is 12.4 Å². The minimum Gasteiger partial charge on any atom is -0.466 e. The zero-order valence-electron chi connectivity index (χ0n) is 8.47. The van der Waals surface area contributed by atoms with Crippen molar-refractivity contribution in [3.8, 4) is 0 Å². The summed E-state index contributed by atoms with van der Waals surface area (Å²) in [5.74, 6) is -0.704. The third kappa shape index (κ3) is 2.52. The minimum absolute atomic E-state index is 0.00875. The highest BCUT2D eigenvalue weighted by Gasteiger charge is 2.19. The Labute approximate surface area is 85.8 Å². The summed E-state index contributed by atoms with van der Waals surface area (Å²) in [5, 5.41) is 10.5. The van der Waals surface area contributed by atoms with Crippen molar-refractivity contribution in [1.82, 2.24) is 9.55 Å². The average molecular weight is 213 g/mol. The van der Waals surface area contributed by atoms with E-state index < -0.39 is 10.9 Å². The van der Waals surface area contributed by atoms with Gasteiger partial charge in [-0.25, -0.2) is 4.57 Å². The number of nitro groups is 1. The number of rotatable bonds is 4. The first-order chi connectivity index (χ1) is 7.06. The van der Waals surface area contributed by atoms with E-state index >= 15 is 0 Å². The van der Waals surface area contributed by atoms with Gasteiger partial charge in [-0.15, -0.1) is 0 Å². The fourth-order valence-electron chi connectivity index (χ4n) is 1.13. The van der Waals surface area contributed by atoms with Gasteiger partial charge in [0, 0.05) is 0 Å². The Morgan fingerprint density at radius 3 is 2.87 bits per heavy atom. The molecule has 0 radical (unpaired) electrons. The molecule has 1 aromatic heterocycles. The Morgan fingerprint density at radius 1 is 1.73 bits per heavy atom. The van der Waals surface area contributed by atoms with Gasteiger partial charge in [0.15, 0.2) is 0 Å². The van der Waals surface area contributed by atoms with Crippen LogP contribution in [0.25, 0.3) is 0 Å². The van der Waals surface area contributed by atoms with Crippen molar-refractivity contribution < 1.29 is 14.5 Å². The Balaban J connectivity index is 2.79. The predicted molar refractivity (Wildman–Crippen MR) is 50.2 cm³/mol. The molecule has 15 heavy (non-hydrogen) atoms. The standard InChI is InChI=1S/C8H11N3O4/c1-3-15-7(12)4-6-5-9-8(10(6)2)11(13)14/h5H,3-4H2,1-2H3. The van der Waals surface area contributed by atoms with Crippen molar-refractivity contribution in [3.05, 3.63) is 22.0 Å². The lowest BCUT2D eigenvalue weighted by molar-refractivity contribution is -0.396. The molecule has 0 saturated carbocycles. The molecule has 0 saturated heterocycles. The van der Waals surface area contributed by atoms with Gasteiger partial charge in [-0.2, -0.15) is 0 Å². The number of nitrogens with zero attached hydrogens (tertiary/aromatic N) is 3. The number of aromatic nitrogens is 2. The molecule has 0 aliphatic carbocycles. The molecule has 0 aliphatic rings. The molecule has 0 aliphatic heterocycles. The SMILES string of the molecule is CCOC(=O)Cc1cnc([N+](=O)[O-])n1C. The Bertz CT molecular complexity index is 385. The summed E-state index contributed by atoms with van der Waals surface area (Å²) in [6.07, 6.45) is 1.29. The average Bonchev–Trinajstić information content (AvgIpc) is 2.48. The van der Waals surface area contributed by atoms with Crippen LogP contribution in [0.1, 0.15) is 12.6 Å². The third-order valence-corrected chi connectivity index (χ3v) is 1.85. The normalized spacial score (nSPS) is 10.0. The minimum atomic E-state index is -0.603. The third-order valence-electron chi connectivity index (χ3n) is 1.85. The van der Waals surface area contributed by atoms with Crippen LogP contribution in [0.5, 0.6) is 0 Å². The van der Waals surface area contributed by atoms with Gasteiger partial charge in [0.25, 0.3) is 0 Å². The summed E-state index contributed by atoms with van der Waals surface area (Å²) < 4.78 is 5.98. The molecule has 0 aromatic carbocycles. The van der Waals surface area contributed by atoms with E-state index in [4.69, 9.17) is 4.74 Å². The van der Waals surface area contributed by atoms with Gasteiger partial charge in [-0.3, -0.25) is 4.79 Å². The first-order valence-corrected chi connectivity index (χ1v) is 4.36. The van der Waals surface area contributed by atoms with E-state index in [0.717, 1.165) is 0 Å². The maximum atomic E-state index is 11.1. The molecule has 0 spiro atoms. The van der Waals surface area contributed by atoms with Crippen LogP contribution in [0.3, 0.4) is 0 Å². The lowest BCUT2D eigenvalue weighted by Gasteiger charge is -2.00. The Morgan fingerprint density at radius 2 is 2.40 bits per heavy atom. The summed E-state index contributed by atoms with van der Waals surface area (Å²) in [6.45, 7) is 1.99. The summed E-state index contributed by atoms with van der Waals surface area (Å²) in [7, 11) is 1.49. The van der Waals surface area contributed by atoms with Gasteiger partial charge in [-0.05, 0) is 11.8 Å². The van der Waals surface area contributed by atoms with E-state index in [9.17, 15) is 14.9 Å². The second-order valence-corrected chi connectivity index (χ2v) is 2.85. The summed E-state index contributed by atoms with van der Waals surface area (Å²) >= 11 is 0. The molecular weight excluding hydrogens is 202 g/mol. The van der Waals surface area contributed by atoms with Gasteiger partial charge in [-0.1, -0.05) is 4.98 Å². The highest BCUT2D eigenvalue weighted by atomic mass is 16.6. The van der Waals surface area contributed by atoms with Crippen molar-refractivity contribution in [2.45, 2.75) is 13.3 Å². The van der Waals surface area contributed by atoms with Gasteiger partial charge >= 0.3 is 11.9 Å². The maximum Gasteiger partial charge on any atom is 0.434 e. The van der Waals surface area contributed by atoms with Crippen LogP contribution >= 0.6 is 0 Å². The van der Waals surface area contributed by atoms with Crippen molar-refractivity contribution in [3.63, 3.8) is 0 Å². The van der Waals surface area contributed by atoms with Crippen LogP contribution in [-0.2, 0) is 23.0 Å². The van der Waals surface area contributed by atoms with Gasteiger partial charge in [0.1, 0.15) is 18.3 Å². The quantitative estimate of drug-likeness (QED) is 0.411. The molecule has 0 amide bonds. The predicted octanol–water partition coefficient (Wildman–Crippen LogP) is 0.434. The van der Waals surface area contributed by atoms with Gasteiger partial charge in [0.2, 0.25) is 0 Å². The van der Waals surface area contributed by atoms with Crippen LogP contribution in [0.15, 0.2) is 6.20 Å². The monoisotopic (exact) mass is 213 g/mol. The molecule has 0 unspecified atom stereocenters. The number of carbonyl (C=O) groups is 1. The Hall–Kier alpha value is -1.92. The maximum absolute atomic E-state index is 11.1. The lowest BCUT2D eigenvalue weighted by atomic mass is 10.3. The van der Waals surface area contributed by atoms with Crippen LogP contribution in [0, 0.1) is 10.1 Å². The molecule has 0 atom stereocenters. The molecule has 1 heterocycles. The molecule has 0 N–H and O–H groups in total. The van der Waals surface area contributed by atoms with Crippen molar-refractivity contribution in [1.29, 1.82) is 0 Å². The van der Waals surface area contributed by atoms with E-state index in [1.165, 1.54) is 17.8 Å². The summed E-state index contributed by atoms with van der Waals surface area (Å²) in [4.78, 5) is 24.5. The van der Waals surface area contributed by atoms with Crippen molar-refractivity contribution in [2.75, 3.05) is 6.61 Å². The molecule has 7 heteroatoms. The molecule has 0 fully saturated rings. The van der Waals surface area contributed by atoms with E-state index in [1.54, 1.807) is 6.92 Å². The first kappa shape index (κ1) is 11.2. The summed E-state index contributed by atoms with van der Waals surface area (Å²) in [5.41, 5.74) is 0.458. The fourth-order valence-corrected chi connectivity index (χ4v) is 1.13. The Kier molecular flexibility index (Phi) is 3.37. The number of esters is 1. The lowest BCUT2D eigenvalue weighted by Crippen LogP contribution is -2.11. The first-order valence-electron chi connectivity index (χ1n) is 4.36. The zero-order valence-corrected chi connectivity index (χ0v) is 8.47. The van der Waals surface area contributed by atoms with E-state index in [0.29, 0.717) is 12.3 Å². The van der Waals surface area contributed by atoms with Gasteiger partial charge in [0.05, 0.1) is 13.7 Å². The van der Waals surface area contributed by atoms with Crippen LogP contribution in [0.4, 0.5) is 5.95 Å². The molecule has 0 bridgehead atoms. The number of ether oxygens (including phenoxy) is 1. The molecule has 7 nitrogen and oxygen atoms in total. The van der Waals surface area contributed by atoms with Crippen molar-refractivity contribution >= 4 is 11.9 Å². The number of hydrogen-bond acceptors (Lipinski definition) is 5. The zero-order chi connectivity index (χ0) is 11.4.